The maximum Gasteiger partial charge on any atom is 0.336 e. The first-order valence-corrected chi connectivity index (χ1v) is 8.89. The molecule has 2 atom stereocenters. The van der Waals surface area contributed by atoms with E-state index in [-0.39, 0.29) is 5.91 Å². The monoisotopic (exact) mass is 413 g/mol. The van der Waals surface area contributed by atoms with Crippen molar-refractivity contribution >= 4 is 39.6 Å². The first-order chi connectivity index (χ1) is 12.5. The van der Waals surface area contributed by atoms with E-state index in [1.54, 1.807) is 18.0 Å². The van der Waals surface area contributed by atoms with Crippen molar-refractivity contribution in [3.8, 4) is 0 Å². The van der Waals surface area contributed by atoms with Crippen LogP contribution in [-0.2, 0) is 24.7 Å². The molecule has 1 spiro atoms. The number of hydrogen-bond acceptors (Lipinski definition) is 4. The van der Waals surface area contributed by atoms with Gasteiger partial charge >= 0.3 is 5.97 Å². The summed E-state index contributed by atoms with van der Waals surface area (Å²) in [5, 5.41) is 0. The minimum atomic E-state index is -1.16. The largest absolute Gasteiger partial charge is 0.466 e. The smallest absolute Gasteiger partial charge is 0.336 e. The molecule has 6 heteroatoms. The van der Waals surface area contributed by atoms with Crippen molar-refractivity contribution in [2.75, 3.05) is 19.1 Å². The Kier molecular flexibility index (Phi) is 3.97. The summed E-state index contributed by atoms with van der Waals surface area (Å²) in [7, 11) is 3.03. The number of rotatable bonds is 3. The molecule has 5 nitrogen and oxygen atoms in total. The molecule has 0 radical (unpaired) electrons. The van der Waals surface area contributed by atoms with Gasteiger partial charge in [-0.3, -0.25) is 4.79 Å². The Labute approximate surface area is 159 Å². The van der Waals surface area contributed by atoms with Crippen LogP contribution in [0.4, 0.5) is 5.69 Å². The number of carbonyl (C=O) groups excluding carboxylic acids is 2. The number of likely N-dealkylation sites (N-methyl/N-ethyl adjacent to an activating group) is 1. The molecule has 0 bridgehead atoms. The average Bonchev–Trinajstić information content (AvgIpc) is 3.37. The number of esters is 1. The van der Waals surface area contributed by atoms with Crippen LogP contribution in [0.25, 0.3) is 6.08 Å². The zero-order chi connectivity index (χ0) is 18.5. The number of halogens is 1. The summed E-state index contributed by atoms with van der Waals surface area (Å²) < 4.78 is 11.7. The summed E-state index contributed by atoms with van der Waals surface area (Å²) in [5.41, 5.74) is 1.54. The van der Waals surface area contributed by atoms with Crippen LogP contribution in [0.15, 0.2) is 58.6 Å². The second kappa shape index (κ2) is 6.07. The van der Waals surface area contributed by atoms with Crippen LogP contribution >= 0.6 is 15.9 Å². The van der Waals surface area contributed by atoms with Gasteiger partial charge in [-0.25, -0.2) is 4.79 Å². The van der Waals surface area contributed by atoms with Gasteiger partial charge in [0.15, 0.2) is 0 Å². The summed E-state index contributed by atoms with van der Waals surface area (Å²) >= 11 is 3.45. The lowest BCUT2D eigenvalue weighted by atomic mass is 9.92. The van der Waals surface area contributed by atoms with Gasteiger partial charge in [-0.2, -0.15) is 0 Å². The van der Waals surface area contributed by atoms with E-state index < -0.39 is 17.7 Å². The van der Waals surface area contributed by atoms with Gasteiger partial charge in [-0.1, -0.05) is 46.3 Å². The maximum atomic E-state index is 12.9. The molecule has 2 aromatic carbocycles. The number of nitrogens with zero attached hydrogens (tertiary/aromatic N) is 1. The summed E-state index contributed by atoms with van der Waals surface area (Å²) in [6, 6.07) is 15.0. The second-order valence-electron chi connectivity index (χ2n) is 6.26. The summed E-state index contributed by atoms with van der Waals surface area (Å²) in [5.74, 6) is -0.687. The highest BCUT2D eigenvalue weighted by atomic mass is 79.9. The van der Waals surface area contributed by atoms with Crippen molar-refractivity contribution in [1.82, 2.24) is 0 Å². The molecule has 0 saturated carbocycles. The van der Waals surface area contributed by atoms with Crippen molar-refractivity contribution in [2.45, 2.75) is 11.7 Å². The van der Waals surface area contributed by atoms with E-state index in [1.807, 2.05) is 48.5 Å². The molecule has 132 valence electrons. The third-order valence-corrected chi connectivity index (χ3v) is 5.28. The van der Waals surface area contributed by atoms with Crippen molar-refractivity contribution < 1.29 is 19.1 Å². The highest BCUT2D eigenvalue weighted by Gasteiger charge is 2.71. The second-order valence-corrected chi connectivity index (χ2v) is 7.18. The molecule has 2 aromatic rings. The Hall–Kier alpha value is -2.44. The van der Waals surface area contributed by atoms with Gasteiger partial charge in [0.2, 0.25) is 5.60 Å². The molecule has 2 aliphatic heterocycles. The zero-order valence-corrected chi connectivity index (χ0v) is 15.8. The van der Waals surface area contributed by atoms with Crippen molar-refractivity contribution in [3.05, 3.63) is 69.7 Å². The van der Waals surface area contributed by atoms with E-state index in [2.05, 4.69) is 15.9 Å². The third kappa shape index (κ3) is 2.40. The third-order valence-electron chi connectivity index (χ3n) is 4.78. The molecular weight excluding hydrogens is 398 g/mol. The molecule has 2 aliphatic rings. The lowest BCUT2D eigenvalue weighted by Crippen LogP contribution is -2.32. The van der Waals surface area contributed by atoms with Crippen LogP contribution in [0.3, 0.4) is 0 Å². The van der Waals surface area contributed by atoms with Gasteiger partial charge < -0.3 is 14.4 Å². The van der Waals surface area contributed by atoms with Crippen LogP contribution < -0.4 is 4.90 Å². The van der Waals surface area contributed by atoms with E-state index in [1.165, 1.54) is 7.11 Å². The van der Waals surface area contributed by atoms with Crippen LogP contribution in [0.1, 0.15) is 11.1 Å². The molecule has 0 N–H and O–H groups in total. The van der Waals surface area contributed by atoms with Crippen molar-refractivity contribution in [1.29, 1.82) is 0 Å². The summed E-state index contributed by atoms with van der Waals surface area (Å²) in [6.07, 6.45) is 1.04. The van der Waals surface area contributed by atoms with Crippen LogP contribution in [-0.4, -0.2) is 32.1 Å². The first-order valence-electron chi connectivity index (χ1n) is 8.10. The molecule has 4 rings (SSSR count). The number of amides is 1. The number of benzene rings is 2. The van der Waals surface area contributed by atoms with E-state index in [4.69, 9.17) is 9.47 Å². The molecule has 0 aliphatic carbocycles. The Balaban J connectivity index is 1.80. The molecule has 2 heterocycles. The topological polar surface area (TPSA) is 59.1 Å². The minimum Gasteiger partial charge on any atom is -0.466 e. The number of methoxy groups -OCH3 is 1. The fourth-order valence-electron chi connectivity index (χ4n) is 3.46. The van der Waals surface area contributed by atoms with Crippen LogP contribution in [0, 0.1) is 0 Å². The van der Waals surface area contributed by atoms with Crippen LogP contribution in [0.2, 0.25) is 0 Å². The highest BCUT2D eigenvalue weighted by molar-refractivity contribution is 9.10. The van der Waals surface area contributed by atoms with E-state index in [0.717, 1.165) is 21.3 Å². The van der Waals surface area contributed by atoms with Gasteiger partial charge in [0.25, 0.3) is 5.91 Å². The van der Waals surface area contributed by atoms with Crippen molar-refractivity contribution in [2.24, 2.45) is 0 Å². The Morgan fingerprint density at radius 2 is 2.00 bits per heavy atom. The maximum absolute atomic E-state index is 12.9. The fraction of sp³-hybridized carbons (Fsp3) is 0.200. The Bertz CT molecular complexity index is 940. The Morgan fingerprint density at radius 3 is 2.69 bits per heavy atom. The zero-order valence-electron chi connectivity index (χ0n) is 14.2. The lowest BCUT2D eigenvalue weighted by Gasteiger charge is -2.09. The Morgan fingerprint density at radius 1 is 1.27 bits per heavy atom. The van der Waals surface area contributed by atoms with E-state index >= 15 is 0 Å². The normalized spacial score (nSPS) is 24.0. The van der Waals surface area contributed by atoms with Gasteiger partial charge in [-0.15, -0.1) is 0 Å². The summed E-state index contributed by atoms with van der Waals surface area (Å²) in [6.45, 7) is 0. The number of hydrogen-bond donors (Lipinski definition) is 0. The number of fused-ring (bicyclic) bond motifs is 2. The quantitative estimate of drug-likeness (QED) is 0.440. The SMILES string of the molecule is COC(=O)/C(=C/c1ccccc1)[C@@H]1OC12C(=O)N(C)c1ccc(Br)cc12. The number of anilines is 1. The van der Waals surface area contributed by atoms with E-state index in [9.17, 15) is 9.59 Å². The molecule has 1 fully saturated rings. The van der Waals surface area contributed by atoms with E-state index in [0.29, 0.717) is 5.57 Å². The summed E-state index contributed by atoms with van der Waals surface area (Å²) in [4.78, 5) is 26.9. The standard InChI is InChI=1S/C20H16BrNO4/c1-22-16-9-8-13(21)11-15(16)20(19(22)24)17(26-20)14(18(23)25-2)10-12-6-4-3-5-7-12/h3-11,17H,1-2H3/b14-10+/t17-,20?/m0/s1. The molecule has 1 saturated heterocycles. The number of carbonyl (C=O) groups is 2. The molecule has 26 heavy (non-hydrogen) atoms. The lowest BCUT2D eigenvalue weighted by molar-refractivity contribution is -0.136. The first kappa shape index (κ1) is 17.0. The molecular formula is C20H16BrNO4. The minimum absolute atomic E-state index is 0.182. The highest BCUT2D eigenvalue weighted by Crippen LogP contribution is 2.58. The molecule has 1 unspecified atom stereocenters. The number of epoxide rings is 1. The predicted octanol–water partition coefficient (Wildman–Crippen LogP) is 3.28. The van der Waals surface area contributed by atoms with Crippen molar-refractivity contribution in [3.63, 3.8) is 0 Å². The number of ether oxygens (including phenoxy) is 2. The van der Waals surface area contributed by atoms with Gasteiger partial charge in [0.05, 0.1) is 18.4 Å². The van der Waals surface area contributed by atoms with Crippen LogP contribution in [0.5, 0.6) is 0 Å². The predicted molar refractivity (Wildman–Crippen MR) is 101 cm³/mol. The molecule has 0 aromatic heterocycles. The van der Waals surface area contributed by atoms with Gasteiger partial charge in [-0.05, 0) is 29.8 Å². The average molecular weight is 414 g/mol. The fourth-order valence-corrected chi connectivity index (χ4v) is 3.82. The van der Waals surface area contributed by atoms with Gasteiger partial charge in [0.1, 0.15) is 6.10 Å². The molecule has 1 amide bonds. The van der Waals surface area contributed by atoms with Gasteiger partial charge in [0, 0.05) is 17.1 Å².